The Morgan fingerprint density at radius 3 is 2.23 bits per heavy atom. The normalized spacial score (nSPS) is 12.0. The number of sulfonamides is 1. The number of aryl methyl sites for hydroxylation is 1. The van der Waals surface area contributed by atoms with Crippen molar-refractivity contribution in [2.75, 3.05) is 10.8 Å². The highest BCUT2D eigenvalue weighted by molar-refractivity contribution is 7.92. The van der Waals surface area contributed by atoms with Crippen LogP contribution in [-0.2, 0) is 21.0 Å². The van der Waals surface area contributed by atoms with Gasteiger partial charge in [-0.05, 0) is 37.3 Å². The molecule has 0 atom stereocenters. The highest BCUT2D eigenvalue weighted by Gasteiger charge is 2.35. The van der Waals surface area contributed by atoms with Crippen LogP contribution in [0.5, 0.6) is 0 Å². The number of primary amides is 1. The second kappa shape index (κ2) is 7.16. The topological polar surface area (TPSA) is 80.5 Å². The van der Waals surface area contributed by atoms with Crippen LogP contribution in [0, 0.1) is 6.92 Å². The lowest BCUT2D eigenvalue weighted by molar-refractivity contribution is -0.137. The summed E-state index contributed by atoms with van der Waals surface area (Å²) in [6.07, 6.45) is -4.79. The Morgan fingerprint density at radius 2 is 1.73 bits per heavy atom. The van der Waals surface area contributed by atoms with Gasteiger partial charge in [0.25, 0.3) is 10.0 Å². The van der Waals surface area contributed by atoms with E-state index in [4.69, 9.17) is 17.3 Å². The second-order valence-electron chi connectivity index (χ2n) is 5.45. The predicted octanol–water partition coefficient (Wildman–Crippen LogP) is 3.35. The van der Waals surface area contributed by atoms with Crippen LogP contribution in [-0.4, -0.2) is 20.9 Å². The van der Waals surface area contributed by atoms with Crippen LogP contribution in [0.25, 0.3) is 0 Å². The molecule has 5 nitrogen and oxygen atoms in total. The fourth-order valence-corrected chi connectivity index (χ4v) is 3.83. The van der Waals surface area contributed by atoms with Crippen molar-refractivity contribution in [2.24, 2.45) is 5.73 Å². The Bertz CT molecular complexity index is 929. The summed E-state index contributed by atoms with van der Waals surface area (Å²) in [6, 6.07) is 8.19. The SMILES string of the molecule is Cc1ccc(S(=O)(=O)N(CC(N)=O)c2ccc(Cl)c(C(F)(F)F)c2)cc1. The maximum Gasteiger partial charge on any atom is 0.417 e. The number of nitrogens with two attached hydrogens (primary N) is 1. The van der Waals surface area contributed by atoms with Crippen LogP contribution in [0.2, 0.25) is 5.02 Å². The van der Waals surface area contributed by atoms with Gasteiger partial charge < -0.3 is 5.73 Å². The van der Waals surface area contributed by atoms with E-state index in [9.17, 15) is 26.4 Å². The predicted molar refractivity (Wildman–Crippen MR) is 91.4 cm³/mol. The summed E-state index contributed by atoms with van der Waals surface area (Å²) in [5.41, 5.74) is 4.29. The molecule has 10 heteroatoms. The number of amides is 1. The van der Waals surface area contributed by atoms with Crippen molar-refractivity contribution in [2.45, 2.75) is 18.0 Å². The number of halogens is 4. The molecule has 0 aromatic heterocycles. The van der Waals surface area contributed by atoms with Crippen molar-refractivity contribution in [1.82, 2.24) is 0 Å². The maximum atomic E-state index is 13.1. The molecule has 1 amide bonds. The fourth-order valence-electron chi connectivity index (χ4n) is 2.18. The van der Waals surface area contributed by atoms with Gasteiger partial charge in [-0.2, -0.15) is 13.2 Å². The zero-order chi connectivity index (χ0) is 19.7. The summed E-state index contributed by atoms with van der Waals surface area (Å²) in [6.45, 7) is 0.918. The Balaban J connectivity index is 2.62. The molecule has 0 fully saturated rings. The summed E-state index contributed by atoms with van der Waals surface area (Å²) < 4.78 is 65.4. The molecule has 2 aromatic carbocycles. The van der Waals surface area contributed by atoms with E-state index in [1.807, 2.05) is 0 Å². The monoisotopic (exact) mass is 406 g/mol. The number of hydrogen-bond acceptors (Lipinski definition) is 3. The zero-order valence-electron chi connectivity index (χ0n) is 13.4. The molecular formula is C16H14ClF3N2O3S. The van der Waals surface area contributed by atoms with Gasteiger partial charge in [-0.3, -0.25) is 9.10 Å². The molecule has 26 heavy (non-hydrogen) atoms. The largest absolute Gasteiger partial charge is 0.417 e. The summed E-state index contributed by atoms with van der Waals surface area (Å²) in [7, 11) is -4.32. The molecule has 140 valence electrons. The second-order valence-corrected chi connectivity index (χ2v) is 7.72. The Morgan fingerprint density at radius 1 is 1.15 bits per heavy atom. The summed E-state index contributed by atoms with van der Waals surface area (Å²) >= 11 is 5.56. The number of nitrogens with zero attached hydrogens (tertiary/aromatic N) is 1. The van der Waals surface area contributed by atoms with E-state index in [-0.39, 0.29) is 10.6 Å². The van der Waals surface area contributed by atoms with E-state index in [2.05, 4.69) is 0 Å². The van der Waals surface area contributed by atoms with E-state index < -0.39 is 39.2 Å². The molecule has 0 aliphatic rings. The number of alkyl halides is 3. The molecule has 2 rings (SSSR count). The van der Waals surface area contributed by atoms with Gasteiger partial charge in [-0.25, -0.2) is 8.42 Å². The van der Waals surface area contributed by atoms with Crippen molar-refractivity contribution >= 4 is 33.2 Å². The lowest BCUT2D eigenvalue weighted by Gasteiger charge is -2.24. The van der Waals surface area contributed by atoms with Crippen LogP contribution in [0.4, 0.5) is 18.9 Å². The van der Waals surface area contributed by atoms with Crippen LogP contribution in [0.15, 0.2) is 47.4 Å². The average molecular weight is 407 g/mol. The molecule has 0 aliphatic heterocycles. The quantitative estimate of drug-likeness (QED) is 0.826. The van der Waals surface area contributed by atoms with Crippen molar-refractivity contribution < 1.29 is 26.4 Å². The van der Waals surface area contributed by atoms with Crippen LogP contribution >= 0.6 is 11.6 Å². The maximum absolute atomic E-state index is 13.1. The minimum atomic E-state index is -4.79. The van der Waals surface area contributed by atoms with E-state index >= 15 is 0 Å². The van der Waals surface area contributed by atoms with E-state index in [0.717, 1.165) is 17.7 Å². The van der Waals surface area contributed by atoms with E-state index in [1.165, 1.54) is 24.3 Å². The van der Waals surface area contributed by atoms with Gasteiger partial charge in [0.05, 0.1) is 21.2 Å². The molecule has 0 bridgehead atoms. The van der Waals surface area contributed by atoms with Crippen molar-refractivity contribution in [1.29, 1.82) is 0 Å². The number of anilines is 1. The molecule has 2 N–H and O–H groups in total. The standard InChI is InChI=1S/C16H14ClF3N2O3S/c1-10-2-5-12(6-3-10)26(24,25)22(9-15(21)23)11-4-7-14(17)13(8-11)16(18,19)20/h2-8H,9H2,1H3,(H2,21,23). The van der Waals surface area contributed by atoms with Gasteiger partial charge in [0.15, 0.2) is 0 Å². The molecule has 0 radical (unpaired) electrons. The van der Waals surface area contributed by atoms with Crippen molar-refractivity contribution in [3.63, 3.8) is 0 Å². The molecule has 0 heterocycles. The summed E-state index contributed by atoms with van der Waals surface area (Å²) in [5.74, 6) is -1.02. The summed E-state index contributed by atoms with van der Waals surface area (Å²) in [4.78, 5) is 11.1. The molecule has 0 saturated carbocycles. The van der Waals surface area contributed by atoms with E-state index in [1.54, 1.807) is 6.92 Å². The lowest BCUT2D eigenvalue weighted by atomic mass is 10.2. The van der Waals surface area contributed by atoms with Gasteiger partial charge >= 0.3 is 6.18 Å². The fraction of sp³-hybridized carbons (Fsp3) is 0.188. The first-order valence-electron chi connectivity index (χ1n) is 7.17. The third kappa shape index (κ3) is 4.28. The smallest absolute Gasteiger partial charge is 0.368 e. The van der Waals surface area contributed by atoms with Crippen LogP contribution in [0.3, 0.4) is 0 Å². The van der Waals surface area contributed by atoms with Gasteiger partial charge in [-0.1, -0.05) is 29.3 Å². The minimum absolute atomic E-state index is 0.187. The molecular weight excluding hydrogens is 393 g/mol. The summed E-state index contributed by atoms with van der Waals surface area (Å²) in [5, 5.41) is -0.590. The van der Waals surface area contributed by atoms with Gasteiger partial charge in [0.2, 0.25) is 5.91 Å². The molecule has 0 spiro atoms. The number of rotatable bonds is 5. The van der Waals surface area contributed by atoms with Crippen LogP contribution < -0.4 is 10.0 Å². The first-order chi connectivity index (χ1) is 11.9. The molecule has 0 saturated heterocycles. The van der Waals surface area contributed by atoms with Gasteiger partial charge in [0.1, 0.15) is 6.54 Å². The number of carbonyl (C=O) groups excluding carboxylic acids is 1. The highest BCUT2D eigenvalue weighted by Crippen LogP contribution is 2.37. The molecule has 2 aromatic rings. The Hall–Kier alpha value is -2.26. The van der Waals surface area contributed by atoms with Crippen LogP contribution in [0.1, 0.15) is 11.1 Å². The van der Waals surface area contributed by atoms with Crippen molar-refractivity contribution in [3.8, 4) is 0 Å². The molecule has 0 unspecified atom stereocenters. The molecule has 0 aliphatic carbocycles. The first-order valence-corrected chi connectivity index (χ1v) is 8.99. The zero-order valence-corrected chi connectivity index (χ0v) is 15.0. The Labute approximate surface area is 153 Å². The number of carbonyl (C=O) groups is 1. The average Bonchev–Trinajstić information content (AvgIpc) is 2.52. The van der Waals surface area contributed by atoms with Gasteiger partial charge in [-0.15, -0.1) is 0 Å². The highest BCUT2D eigenvalue weighted by atomic mass is 35.5. The Kier molecular flexibility index (Phi) is 5.52. The van der Waals surface area contributed by atoms with Gasteiger partial charge in [0, 0.05) is 0 Å². The number of hydrogen-bond donors (Lipinski definition) is 1. The minimum Gasteiger partial charge on any atom is -0.368 e. The number of benzene rings is 2. The first kappa shape index (κ1) is 20.1. The van der Waals surface area contributed by atoms with Crippen molar-refractivity contribution in [3.05, 3.63) is 58.6 Å². The lowest BCUT2D eigenvalue weighted by Crippen LogP contribution is -2.38. The third-order valence-electron chi connectivity index (χ3n) is 3.45. The third-order valence-corrected chi connectivity index (χ3v) is 5.57. The van der Waals surface area contributed by atoms with E-state index in [0.29, 0.717) is 10.4 Å².